The average molecular weight is 431 g/mol. The molecule has 0 aliphatic heterocycles. The fraction of sp³-hybridized carbons (Fsp3) is 1.00. The third kappa shape index (κ3) is 23.2. The zero-order chi connectivity index (χ0) is 15.1. The molecule has 0 amide bonds. The second-order valence-electron chi connectivity index (χ2n) is 4.77. The molecule has 0 aliphatic carbocycles. The van der Waals surface area contributed by atoms with Crippen molar-refractivity contribution in [3.63, 3.8) is 0 Å². The van der Waals surface area contributed by atoms with E-state index in [4.69, 9.17) is 0 Å². The third-order valence-electron chi connectivity index (χ3n) is 2.81. The van der Waals surface area contributed by atoms with Crippen LogP contribution in [0.25, 0.3) is 0 Å². The molecule has 0 rings (SSSR count). The van der Waals surface area contributed by atoms with E-state index in [1.54, 1.807) is 0 Å². The van der Waals surface area contributed by atoms with Crippen molar-refractivity contribution in [1.82, 2.24) is 4.90 Å². The van der Waals surface area contributed by atoms with Gasteiger partial charge in [-0.2, -0.15) is 0 Å². The molecule has 0 fully saturated rings. The summed E-state index contributed by atoms with van der Waals surface area (Å²) < 4.78 is 21.5. The second-order valence-corrected chi connectivity index (χ2v) is 7.78. The van der Waals surface area contributed by atoms with Crippen LogP contribution in [0.1, 0.15) is 39.5 Å². The van der Waals surface area contributed by atoms with Crippen molar-refractivity contribution in [2.24, 2.45) is 5.92 Å². The minimum atomic E-state index is -4.87. The monoisotopic (exact) mass is 430 g/mol. The number of unbranched alkanes of at least 4 members (excludes halogenated alkanes) is 1. The molecule has 0 saturated carbocycles. The van der Waals surface area contributed by atoms with Crippen molar-refractivity contribution in [2.45, 2.75) is 39.5 Å². The van der Waals surface area contributed by atoms with Crippen molar-refractivity contribution in [3.05, 3.63) is 0 Å². The molecule has 1 atom stereocenters. The topological polar surface area (TPSA) is 130 Å². The summed E-state index contributed by atoms with van der Waals surface area (Å²) in [6.07, 6.45) is 1.63. The van der Waals surface area contributed by atoms with Gasteiger partial charge in [-0.1, -0.05) is 48.3 Å². The molecule has 0 spiro atoms. The molecule has 12 heteroatoms. The SMILES string of the molecule is CCCCC(CC)CN(CP(=O)([O-])[O-])CP(=O)([O-])[O-].[K+].[K+].[K+]. The predicted molar refractivity (Wildman–Crippen MR) is 65.0 cm³/mol. The quantitative estimate of drug-likeness (QED) is 0.248. The standard InChI is InChI=1S/C10H25NO6P2.3K/c1-3-5-6-10(4-2)7-11(8-18(12,13)14)9-19(15,16)17;;;/h10H,3-9H2,1-2H3,(H2,12,13,14)(H2,15,16,17);;;/q;3*+1/p-4. The van der Waals surface area contributed by atoms with E-state index in [1.165, 1.54) is 0 Å². The zero-order valence-electron chi connectivity index (χ0n) is 14.3. The molecule has 22 heavy (non-hydrogen) atoms. The molecule has 0 aromatic carbocycles. The Balaban J connectivity index is -0.000000540. The van der Waals surface area contributed by atoms with Gasteiger partial charge < -0.3 is 28.7 Å². The van der Waals surface area contributed by atoms with E-state index in [2.05, 4.69) is 0 Å². The average Bonchev–Trinajstić information content (AvgIpc) is 2.19. The van der Waals surface area contributed by atoms with Crippen LogP contribution in [0.15, 0.2) is 0 Å². The Hall–Kier alpha value is 5.17. The van der Waals surface area contributed by atoms with Crippen LogP contribution in [0.5, 0.6) is 0 Å². The van der Waals surface area contributed by atoms with E-state index in [9.17, 15) is 28.7 Å². The Morgan fingerprint density at radius 3 is 1.59 bits per heavy atom. The van der Waals surface area contributed by atoms with E-state index in [0.29, 0.717) is 0 Å². The fourth-order valence-electron chi connectivity index (χ4n) is 1.93. The maximum Gasteiger partial charge on any atom is 1.00 e. The van der Waals surface area contributed by atoms with Crippen LogP contribution in [-0.4, -0.2) is 24.0 Å². The van der Waals surface area contributed by atoms with Crippen molar-refractivity contribution in [3.8, 4) is 0 Å². The number of nitrogens with zero attached hydrogens (tertiary/aromatic N) is 1. The van der Waals surface area contributed by atoms with Gasteiger partial charge in [0.15, 0.2) is 0 Å². The number of hydrogen-bond acceptors (Lipinski definition) is 7. The van der Waals surface area contributed by atoms with Crippen LogP contribution in [-0.2, 0) is 9.13 Å². The van der Waals surface area contributed by atoms with Crippen LogP contribution in [0.4, 0.5) is 0 Å². The molecule has 0 saturated heterocycles. The molecule has 7 nitrogen and oxygen atoms in total. The Morgan fingerprint density at radius 2 is 1.32 bits per heavy atom. The fourth-order valence-corrected chi connectivity index (χ4v) is 3.50. The van der Waals surface area contributed by atoms with Crippen molar-refractivity contribution in [2.75, 3.05) is 19.1 Å². The first kappa shape index (κ1) is 34.7. The second kappa shape index (κ2) is 18.2. The third-order valence-corrected chi connectivity index (χ3v) is 4.30. The molecule has 0 radical (unpaired) electrons. The van der Waals surface area contributed by atoms with Crippen LogP contribution < -0.4 is 174 Å². The first-order chi connectivity index (χ1) is 8.57. The first-order valence-electron chi connectivity index (χ1n) is 6.32. The largest absolute Gasteiger partial charge is 1.00 e. The van der Waals surface area contributed by atoms with E-state index in [1.807, 2.05) is 13.8 Å². The van der Waals surface area contributed by atoms with Gasteiger partial charge in [0.1, 0.15) is 0 Å². The normalized spacial score (nSPS) is 12.9. The summed E-state index contributed by atoms with van der Waals surface area (Å²) in [6, 6.07) is 0. The molecule has 0 aromatic rings. The van der Waals surface area contributed by atoms with Crippen molar-refractivity contribution in [1.29, 1.82) is 0 Å². The van der Waals surface area contributed by atoms with Gasteiger partial charge in [0.25, 0.3) is 0 Å². The van der Waals surface area contributed by atoms with E-state index in [0.717, 1.165) is 30.6 Å². The minimum absolute atomic E-state index is 0. The molecule has 1 unspecified atom stereocenters. The van der Waals surface area contributed by atoms with Crippen molar-refractivity contribution < 1.29 is 183 Å². The molecular formula is C10H21K3NO6P2-. The van der Waals surface area contributed by atoms with Gasteiger partial charge in [0, 0.05) is 19.1 Å². The van der Waals surface area contributed by atoms with E-state index < -0.39 is 27.8 Å². The van der Waals surface area contributed by atoms with Gasteiger partial charge in [-0.05, 0) is 12.3 Å². The molecule has 0 heterocycles. The molecular weight excluding hydrogens is 409 g/mol. The maximum atomic E-state index is 10.7. The Morgan fingerprint density at radius 1 is 0.909 bits per heavy atom. The molecule has 116 valence electrons. The summed E-state index contributed by atoms with van der Waals surface area (Å²) >= 11 is 0. The molecule has 0 bridgehead atoms. The maximum absolute atomic E-state index is 10.7. The minimum Gasteiger partial charge on any atom is -0.810 e. The summed E-state index contributed by atoms with van der Waals surface area (Å²) in [5, 5.41) is 0. The summed E-state index contributed by atoms with van der Waals surface area (Å²) in [7, 11) is -9.75. The van der Waals surface area contributed by atoms with Crippen LogP contribution in [0, 0.1) is 5.92 Å². The molecule has 0 aliphatic rings. The van der Waals surface area contributed by atoms with Crippen LogP contribution in [0.2, 0.25) is 0 Å². The van der Waals surface area contributed by atoms with E-state index in [-0.39, 0.29) is 167 Å². The first-order valence-corrected chi connectivity index (χ1v) is 9.77. The van der Waals surface area contributed by atoms with Gasteiger partial charge in [-0.3, -0.25) is 4.90 Å². The summed E-state index contributed by atoms with van der Waals surface area (Å²) in [5.41, 5.74) is 0. The molecule has 0 aromatic heterocycles. The van der Waals surface area contributed by atoms with Gasteiger partial charge in [-0.15, -0.1) is 0 Å². The summed E-state index contributed by atoms with van der Waals surface area (Å²) in [4.78, 5) is 43.9. The van der Waals surface area contributed by atoms with E-state index >= 15 is 0 Å². The van der Waals surface area contributed by atoms with Gasteiger partial charge >= 0.3 is 154 Å². The summed E-state index contributed by atoms with van der Waals surface area (Å²) in [6.45, 7) is 4.05. The molecule has 0 N–H and O–H groups in total. The summed E-state index contributed by atoms with van der Waals surface area (Å²) in [5.74, 6) is 0.0815. The van der Waals surface area contributed by atoms with Crippen molar-refractivity contribution >= 4 is 15.2 Å². The number of rotatable bonds is 10. The Kier molecular flexibility index (Phi) is 28.7. The number of hydrogen-bond donors (Lipinski definition) is 0. The Bertz CT molecular complexity index is 328. The Labute approximate surface area is 261 Å². The van der Waals surface area contributed by atoms with Gasteiger partial charge in [0.2, 0.25) is 0 Å². The zero-order valence-corrected chi connectivity index (χ0v) is 25.5. The smallest absolute Gasteiger partial charge is 0.810 e. The predicted octanol–water partition coefficient (Wildman–Crippen LogP) is -9.74. The van der Waals surface area contributed by atoms with Gasteiger partial charge in [0.05, 0.1) is 0 Å². The van der Waals surface area contributed by atoms with Gasteiger partial charge in [-0.25, -0.2) is 0 Å². The van der Waals surface area contributed by atoms with Crippen LogP contribution in [0.3, 0.4) is 0 Å². The van der Waals surface area contributed by atoms with Crippen LogP contribution >= 0.6 is 15.2 Å².